The largest absolute Gasteiger partial charge is 0.468 e. The van der Waals surface area contributed by atoms with E-state index in [-0.39, 0.29) is 24.8 Å². The summed E-state index contributed by atoms with van der Waals surface area (Å²) in [5.41, 5.74) is 0.324. The lowest BCUT2D eigenvalue weighted by Crippen LogP contribution is -2.41. The fourth-order valence-corrected chi connectivity index (χ4v) is 1.96. The lowest BCUT2D eigenvalue weighted by molar-refractivity contribution is -0.154. The highest BCUT2D eigenvalue weighted by molar-refractivity contribution is 5.90. The number of carbonyl (C=O) groups is 2. The first-order valence-corrected chi connectivity index (χ1v) is 6.55. The molecule has 2 amide bonds. The second kappa shape index (κ2) is 6.63. The van der Waals surface area contributed by atoms with E-state index in [2.05, 4.69) is 20.4 Å². The lowest BCUT2D eigenvalue weighted by atomic mass is 10.2. The standard InChI is InChI=1S/C13H14F3N3O3/c14-13(15,16)7-22-12-8(2-1-5-17-12)6-18-11(21)9-3-4-10(20)19-9/h1-2,5,9H,3-4,6-7H2,(H,18,21)(H,19,20)/t9-/m0/s1. The molecule has 0 aromatic carbocycles. The van der Waals surface area contributed by atoms with Crippen molar-refractivity contribution in [3.8, 4) is 5.88 Å². The Bertz CT molecular complexity index is 563. The van der Waals surface area contributed by atoms with Crippen LogP contribution in [0, 0.1) is 0 Å². The van der Waals surface area contributed by atoms with E-state index in [0.29, 0.717) is 12.0 Å². The van der Waals surface area contributed by atoms with Gasteiger partial charge >= 0.3 is 6.18 Å². The van der Waals surface area contributed by atoms with Crippen molar-refractivity contribution >= 4 is 11.8 Å². The smallest absolute Gasteiger partial charge is 0.422 e. The number of rotatable bonds is 5. The maximum absolute atomic E-state index is 12.2. The van der Waals surface area contributed by atoms with Crippen LogP contribution in [0.15, 0.2) is 18.3 Å². The van der Waals surface area contributed by atoms with Gasteiger partial charge in [-0.05, 0) is 12.5 Å². The maximum Gasteiger partial charge on any atom is 0.422 e. The van der Waals surface area contributed by atoms with E-state index >= 15 is 0 Å². The van der Waals surface area contributed by atoms with Crippen LogP contribution >= 0.6 is 0 Å². The van der Waals surface area contributed by atoms with Crippen LogP contribution in [0.4, 0.5) is 13.2 Å². The van der Waals surface area contributed by atoms with Gasteiger partial charge in [-0.1, -0.05) is 6.07 Å². The fraction of sp³-hybridized carbons (Fsp3) is 0.462. The predicted molar refractivity (Wildman–Crippen MR) is 68.8 cm³/mol. The minimum Gasteiger partial charge on any atom is -0.468 e. The van der Waals surface area contributed by atoms with Crippen molar-refractivity contribution in [2.75, 3.05) is 6.61 Å². The molecule has 1 aliphatic rings. The van der Waals surface area contributed by atoms with Gasteiger partial charge < -0.3 is 15.4 Å². The van der Waals surface area contributed by atoms with Crippen molar-refractivity contribution in [1.82, 2.24) is 15.6 Å². The normalized spacial score (nSPS) is 18.0. The van der Waals surface area contributed by atoms with Crippen LogP contribution in [-0.4, -0.2) is 35.6 Å². The summed E-state index contributed by atoms with van der Waals surface area (Å²) in [7, 11) is 0. The summed E-state index contributed by atoms with van der Waals surface area (Å²) in [6.07, 6.45) is -2.49. The number of pyridine rings is 1. The Morgan fingerprint density at radius 2 is 2.27 bits per heavy atom. The molecule has 2 rings (SSSR count). The van der Waals surface area contributed by atoms with Gasteiger partial charge in [-0.15, -0.1) is 0 Å². The minimum atomic E-state index is -4.47. The summed E-state index contributed by atoms with van der Waals surface area (Å²) in [5, 5.41) is 5.05. The molecule has 1 aliphatic heterocycles. The summed E-state index contributed by atoms with van der Waals surface area (Å²) in [6.45, 7) is -1.49. The first-order valence-electron chi connectivity index (χ1n) is 6.55. The minimum absolute atomic E-state index is 0.0355. The number of alkyl halides is 3. The second-order valence-electron chi connectivity index (χ2n) is 4.75. The number of hydrogen-bond acceptors (Lipinski definition) is 4. The average Bonchev–Trinajstić information content (AvgIpc) is 2.89. The Kier molecular flexibility index (Phi) is 4.84. The third-order valence-electron chi connectivity index (χ3n) is 2.99. The zero-order valence-electron chi connectivity index (χ0n) is 11.4. The number of nitrogens with zero attached hydrogens (tertiary/aromatic N) is 1. The molecule has 0 spiro atoms. The average molecular weight is 317 g/mol. The van der Waals surface area contributed by atoms with Gasteiger partial charge in [0.25, 0.3) is 0 Å². The van der Waals surface area contributed by atoms with Gasteiger partial charge in [0.2, 0.25) is 17.7 Å². The summed E-state index contributed by atoms with van der Waals surface area (Å²) >= 11 is 0. The molecule has 1 fully saturated rings. The van der Waals surface area contributed by atoms with Gasteiger partial charge in [0.05, 0.1) is 0 Å². The molecular weight excluding hydrogens is 303 g/mol. The van der Waals surface area contributed by atoms with E-state index in [4.69, 9.17) is 0 Å². The van der Waals surface area contributed by atoms with Gasteiger partial charge in [0.1, 0.15) is 6.04 Å². The number of carbonyl (C=O) groups excluding carboxylic acids is 2. The Balaban J connectivity index is 1.92. The number of hydrogen-bond donors (Lipinski definition) is 2. The van der Waals surface area contributed by atoms with Crippen molar-refractivity contribution in [2.24, 2.45) is 0 Å². The molecular formula is C13H14F3N3O3. The molecule has 1 aromatic rings. The number of halogens is 3. The van der Waals surface area contributed by atoms with E-state index in [0.717, 1.165) is 0 Å². The lowest BCUT2D eigenvalue weighted by Gasteiger charge is -2.14. The highest BCUT2D eigenvalue weighted by Gasteiger charge is 2.29. The molecule has 0 aliphatic carbocycles. The number of amides is 2. The first-order chi connectivity index (χ1) is 10.3. The van der Waals surface area contributed by atoms with Crippen molar-refractivity contribution < 1.29 is 27.5 Å². The van der Waals surface area contributed by atoms with Crippen LogP contribution in [0.3, 0.4) is 0 Å². The van der Waals surface area contributed by atoms with Gasteiger partial charge in [0, 0.05) is 24.7 Å². The Morgan fingerprint density at radius 1 is 1.50 bits per heavy atom. The van der Waals surface area contributed by atoms with Crippen LogP contribution in [0.25, 0.3) is 0 Å². The molecule has 1 atom stereocenters. The van der Waals surface area contributed by atoms with E-state index in [9.17, 15) is 22.8 Å². The van der Waals surface area contributed by atoms with Crippen molar-refractivity contribution in [3.63, 3.8) is 0 Å². The molecule has 22 heavy (non-hydrogen) atoms. The monoisotopic (exact) mass is 317 g/mol. The topological polar surface area (TPSA) is 80.3 Å². The van der Waals surface area contributed by atoms with Crippen LogP contribution in [0.1, 0.15) is 18.4 Å². The zero-order valence-corrected chi connectivity index (χ0v) is 11.4. The molecule has 0 radical (unpaired) electrons. The molecule has 9 heteroatoms. The summed E-state index contributed by atoms with van der Waals surface area (Å²) in [6, 6.07) is 2.43. The summed E-state index contributed by atoms with van der Waals surface area (Å²) in [4.78, 5) is 26.6. The molecule has 1 aromatic heterocycles. The summed E-state index contributed by atoms with van der Waals surface area (Å²) < 4.78 is 41.1. The van der Waals surface area contributed by atoms with Crippen molar-refractivity contribution in [1.29, 1.82) is 0 Å². The SMILES string of the molecule is O=C1CC[C@@H](C(=O)NCc2cccnc2OCC(F)(F)F)N1. The van der Waals surface area contributed by atoms with Gasteiger partial charge in [-0.2, -0.15) is 13.2 Å². The van der Waals surface area contributed by atoms with E-state index < -0.39 is 24.7 Å². The molecule has 0 saturated carbocycles. The fourth-order valence-electron chi connectivity index (χ4n) is 1.96. The molecule has 6 nitrogen and oxygen atoms in total. The Morgan fingerprint density at radius 3 is 2.91 bits per heavy atom. The highest BCUT2D eigenvalue weighted by atomic mass is 19.4. The Hall–Kier alpha value is -2.32. The van der Waals surface area contributed by atoms with Crippen LogP contribution < -0.4 is 15.4 Å². The van der Waals surface area contributed by atoms with Gasteiger partial charge in [0.15, 0.2) is 6.61 Å². The molecule has 1 saturated heterocycles. The molecule has 120 valence electrons. The number of nitrogens with one attached hydrogen (secondary N) is 2. The van der Waals surface area contributed by atoms with Crippen LogP contribution in [0.2, 0.25) is 0 Å². The summed E-state index contributed by atoms with van der Waals surface area (Å²) in [5.74, 6) is -0.775. The zero-order chi connectivity index (χ0) is 16.2. The maximum atomic E-state index is 12.2. The first kappa shape index (κ1) is 16.1. The Labute approximate surface area is 124 Å². The van der Waals surface area contributed by atoms with Gasteiger partial charge in [-0.3, -0.25) is 9.59 Å². The van der Waals surface area contributed by atoms with Crippen molar-refractivity contribution in [2.45, 2.75) is 31.6 Å². The molecule has 0 bridgehead atoms. The van der Waals surface area contributed by atoms with Crippen molar-refractivity contribution in [3.05, 3.63) is 23.9 Å². The van der Waals surface area contributed by atoms with E-state index in [1.807, 2.05) is 0 Å². The van der Waals surface area contributed by atoms with Crippen LogP contribution in [-0.2, 0) is 16.1 Å². The molecule has 0 unspecified atom stereocenters. The number of aromatic nitrogens is 1. The highest BCUT2D eigenvalue weighted by Crippen LogP contribution is 2.20. The second-order valence-corrected chi connectivity index (χ2v) is 4.75. The third-order valence-corrected chi connectivity index (χ3v) is 2.99. The third kappa shape index (κ3) is 4.61. The van der Waals surface area contributed by atoms with Crippen LogP contribution in [0.5, 0.6) is 5.88 Å². The number of ether oxygens (including phenoxy) is 1. The quantitative estimate of drug-likeness (QED) is 0.846. The van der Waals surface area contributed by atoms with E-state index in [1.165, 1.54) is 18.3 Å². The molecule has 2 heterocycles. The predicted octanol–water partition coefficient (Wildman–Crippen LogP) is 0.917. The van der Waals surface area contributed by atoms with Gasteiger partial charge in [-0.25, -0.2) is 4.98 Å². The molecule has 2 N–H and O–H groups in total. The van der Waals surface area contributed by atoms with E-state index in [1.54, 1.807) is 0 Å².